The maximum atomic E-state index is 12.8. The van der Waals surface area contributed by atoms with Crippen LogP contribution in [-0.4, -0.2) is 11.2 Å². The second kappa shape index (κ2) is 5.32. The van der Waals surface area contributed by atoms with Crippen LogP contribution in [0.1, 0.15) is 25.3 Å². The van der Waals surface area contributed by atoms with E-state index in [4.69, 9.17) is 16.7 Å². The summed E-state index contributed by atoms with van der Waals surface area (Å²) in [7, 11) is 0. The van der Waals surface area contributed by atoms with E-state index in [2.05, 4.69) is 0 Å². The van der Waals surface area contributed by atoms with E-state index in [0.29, 0.717) is 17.9 Å². The van der Waals surface area contributed by atoms with E-state index in [9.17, 15) is 4.39 Å². The van der Waals surface area contributed by atoms with Gasteiger partial charge in [0.1, 0.15) is 5.82 Å². The smallest absolute Gasteiger partial charge is 0.123 e. The third-order valence-electron chi connectivity index (χ3n) is 2.08. The minimum absolute atomic E-state index is 0.263. The summed E-state index contributed by atoms with van der Waals surface area (Å²) in [6.07, 6.45) is 1.94. The molecule has 78 valence electrons. The predicted molar refractivity (Wildman–Crippen MR) is 56.0 cm³/mol. The van der Waals surface area contributed by atoms with E-state index in [-0.39, 0.29) is 11.9 Å². The number of aryl methyl sites for hydroxylation is 1. The molecule has 1 unspecified atom stereocenters. The van der Waals surface area contributed by atoms with Crippen LogP contribution in [-0.2, 0) is 6.42 Å². The minimum atomic E-state index is -0.303. The van der Waals surface area contributed by atoms with Crippen molar-refractivity contribution in [1.82, 2.24) is 0 Å². The van der Waals surface area contributed by atoms with Gasteiger partial charge in [0.15, 0.2) is 0 Å². The van der Waals surface area contributed by atoms with Crippen molar-refractivity contribution in [3.05, 3.63) is 34.6 Å². The molecule has 0 saturated heterocycles. The Morgan fingerprint density at radius 1 is 1.50 bits per heavy atom. The Labute approximate surface area is 88.5 Å². The molecule has 1 aromatic carbocycles. The van der Waals surface area contributed by atoms with Crippen LogP contribution < -0.4 is 0 Å². The van der Waals surface area contributed by atoms with Crippen molar-refractivity contribution >= 4 is 11.6 Å². The lowest BCUT2D eigenvalue weighted by molar-refractivity contribution is 0.181. The molecule has 0 saturated carbocycles. The highest BCUT2D eigenvalue weighted by Crippen LogP contribution is 2.19. The first kappa shape index (κ1) is 11.5. The van der Waals surface area contributed by atoms with Crippen LogP contribution in [0.15, 0.2) is 18.2 Å². The molecule has 1 nitrogen and oxygen atoms in total. The molecule has 0 fully saturated rings. The Hall–Kier alpha value is -0.600. The first-order valence-corrected chi connectivity index (χ1v) is 5.09. The van der Waals surface area contributed by atoms with Crippen molar-refractivity contribution in [3.63, 3.8) is 0 Å². The van der Waals surface area contributed by atoms with Gasteiger partial charge in [0.05, 0.1) is 6.10 Å². The average molecular weight is 217 g/mol. The molecule has 0 spiro atoms. The number of benzene rings is 1. The third kappa shape index (κ3) is 3.64. The predicted octanol–water partition coefficient (Wildman–Crippen LogP) is 3.18. The summed E-state index contributed by atoms with van der Waals surface area (Å²) in [6.45, 7) is 1.74. The number of aliphatic hydroxyl groups is 1. The van der Waals surface area contributed by atoms with Crippen molar-refractivity contribution in [3.8, 4) is 0 Å². The fourth-order valence-electron chi connectivity index (χ4n) is 1.32. The highest BCUT2D eigenvalue weighted by atomic mass is 35.5. The highest BCUT2D eigenvalue weighted by molar-refractivity contribution is 6.31. The lowest BCUT2D eigenvalue weighted by Crippen LogP contribution is -2.00. The van der Waals surface area contributed by atoms with Gasteiger partial charge in [0.25, 0.3) is 0 Å². The molecule has 0 bridgehead atoms. The van der Waals surface area contributed by atoms with E-state index < -0.39 is 0 Å². The van der Waals surface area contributed by atoms with Crippen LogP contribution >= 0.6 is 11.6 Å². The Bertz CT molecular complexity index is 299. The van der Waals surface area contributed by atoms with Crippen LogP contribution in [0.25, 0.3) is 0 Å². The first-order valence-electron chi connectivity index (χ1n) is 4.71. The van der Waals surface area contributed by atoms with Gasteiger partial charge >= 0.3 is 0 Å². The SMILES string of the molecule is CC(O)CCCc1cc(F)ccc1Cl. The topological polar surface area (TPSA) is 20.2 Å². The molecule has 0 heterocycles. The van der Waals surface area contributed by atoms with E-state index in [1.807, 2.05) is 0 Å². The molecular weight excluding hydrogens is 203 g/mol. The van der Waals surface area contributed by atoms with Crippen LogP contribution in [0, 0.1) is 5.82 Å². The average Bonchev–Trinajstić information content (AvgIpc) is 2.10. The van der Waals surface area contributed by atoms with Gasteiger partial charge in [-0.25, -0.2) is 4.39 Å². The molecule has 0 radical (unpaired) electrons. The first-order chi connectivity index (χ1) is 6.59. The van der Waals surface area contributed by atoms with Crippen LogP contribution in [0.4, 0.5) is 4.39 Å². The van der Waals surface area contributed by atoms with Gasteiger partial charge in [-0.2, -0.15) is 0 Å². The van der Waals surface area contributed by atoms with Gasteiger partial charge in [-0.3, -0.25) is 0 Å². The van der Waals surface area contributed by atoms with Crippen molar-refractivity contribution in [2.45, 2.75) is 32.3 Å². The van der Waals surface area contributed by atoms with Crippen LogP contribution in [0.3, 0.4) is 0 Å². The Morgan fingerprint density at radius 2 is 2.21 bits per heavy atom. The summed E-state index contributed by atoms with van der Waals surface area (Å²) in [6, 6.07) is 4.36. The second-order valence-electron chi connectivity index (χ2n) is 3.48. The van der Waals surface area contributed by atoms with Gasteiger partial charge in [-0.1, -0.05) is 11.6 Å². The van der Waals surface area contributed by atoms with E-state index in [1.54, 1.807) is 13.0 Å². The zero-order valence-corrected chi connectivity index (χ0v) is 8.89. The molecule has 0 aromatic heterocycles. The maximum Gasteiger partial charge on any atom is 0.123 e. The molecule has 14 heavy (non-hydrogen) atoms. The van der Waals surface area contributed by atoms with Gasteiger partial charge in [0, 0.05) is 5.02 Å². The van der Waals surface area contributed by atoms with E-state index in [1.165, 1.54) is 12.1 Å². The summed E-state index contributed by atoms with van der Waals surface area (Å²) >= 11 is 5.88. The summed E-state index contributed by atoms with van der Waals surface area (Å²) in [4.78, 5) is 0. The standard InChI is InChI=1S/C11H14ClFO/c1-8(14)3-2-4-9-7-10(13)5-6-11(9)12/h5-8,14H,2-4H2,1H3. The Balaban J connectivity index is 2.53. The summed E-state index contributed by atoms with van der Waals surface area (Å²) in [5, 5.41) is 9.64. The fourth-order valence-corrected chi connectivity index (χ4v) is 1.53. The Morgan fingerprint density at radius 3 is 2.86 bits per heavy atom. The van der Waals surface area contributed by atoms with Gasteiger partial charge < -0.3 is 5.11 Å². The van der Waals surface area contributed by atoms with Crippen molar-refractivity contribution in [2.24, 2.45) is 0 Å². The molecule has 0 amide bonds. The van der Waals surface area contributed by atoms with Gasteiger partial charge in [-0.15, -0.1) is 0 Å². The zero-order valence-electron chi connectivity index (χ0n) is 8.13. The molecule has 1 rings (SSSR count). The largest absolute Gasteiger partial charge is 0.393 e. The van der Waals surface area contributed by atoms with Gasteiger partial charge in [-0.05, 0) is 49.9 Å². The summed E-state index contributed by atoms with van der Waals surface area (Å²) < 4.78 is 12.8. The third-order valence-corrected chi connectivity index (χ3v) is 2.44. The number of rotatable bonds is 4. The van der Waals surface area contributed by atoms with Crippen molar-refractivity contribution < 1.29 is 9.50 Å². The van der Waals surface area contributed by atoms with Crippen molar-refractivity contribution in [2.75, 3.05) is 0 Å². The lowest BCUT2D eigenvalue weighted by Gasteiger charge is -2.05. The zero-order chi connectivity index (χ0) is 10.6. The maximum absolute atomic E-state index is 12.8. The number of aliphatic hydroxyl groups excluding tert-OH is 1. The van der Waals surface area contributed by atoms with Gasteiger partial charge in [0.2, 0.25) is 0 Å². The minimum Gasteiger partial charge on any atom is -0.393 e. The summed E-state index contributed by atoms with van der Waals surface area (Å²) in [5.41, 5.74) is 0.812. The summed E-state index contributed by atoms with van der Waals surface area (Å²) in [5.74, 6) is -0.263. The monoisotopic (exact) mass is 216 g/mol. The molecule has 1 aromatic rings. The molecular formula is C11H14ClFO. The molecule has 0 aliphatic carbocycles. The molecule has 1 atom stereocenters. The van der Waals surface area contributed by atoms with Crippen LogP contribution in [0.2, 0.25) is 5.02 Å². The molecule has 1 N–H and O–H groups in total. The number of hydrogen-bond acceptors (Lipinski definition) is 1. The lowest BCUT2D eigenvalue weighted by atomic mass is 10.1. The van der Waals surface area contributed by atoms with Crippen LogP contribution in [0.5, 0.6) is 0 Å². The van der Waals surface area contributed by atoms with E-state index in [0.717, 1.165) is 12.0 Å². The Kier molecular flexibility index (Phi) is 4.36. The fraction of sp³-hybridized carbons (Fsp3) is 0.455. The number of halogens is 2. The second-order valence-corrected chi connectivity index (χ2v) is 3.88. The normalized spacial score (nSPS) is 12.9. The molecule has 0 aliphatic rings. The number of hydrogen-bond donors (Lipinski definition) is 1. The highest BCUT2D eigenvalue weighted by Gasteiger charge is 2.03. The molecule has 3 heteroatoms. The van der Waals surface area contributed by atoms with E-state index >= 15 is 0 Å². The molecule has 0 aliphatic heterocycles. The van der Waals surface area contributed by atoms with Crippen molar-refractivity contribution in [1.29, 1.82) is 0 Å². The quantitative estimate of drug-likeness (QED) is 0.820.